The standard InChI is InChI=1S/C18H23N3O2S/c1-2-20-15-6-4-3-5-14(15)19-18(20)24-16-7-10-21(17(16)22)13-8-11-23-12-9-13/h3-6,13,16H,2,7-12H2,1H3. The molecule has 128 valence electrons. The van der Waals surface area contributed by atoms with Crippen LogP contribution >= 0.6 is 11.8 Å². The fraction of sp³-hybridized carbons (Fsp3) is 0.556. The van der Waals surface area contributed by atoms with Gasteiger partial charge in [0.15, 0.2) is 5.16 Å². The average molecular weight is 345 g/mol. The maximum atomic E-state index is 12.9. The van der Waals surface area contributed by atoms with Crippen LogP contribution in [0.15, 0.2) is 29.4 Å². The molecule has 5 nitrogen and oxygen atoms in total. The lowest BCUT2D eigenvalue weighted by Crippen LogP contribution is -2.41. The van der Waals surface area contributed by atoms with Crippen molar-refractivity contribution >= 4 is 28.7 Å². The molecule has 3 heterocycles. The second kappa shape index (κ2) is 6.76. The minimum atomic E-state index is -0.00467. The maximum Gasteiger partial charge on any atom is 0.236 e. The molecule has 0 spiro atoms. The predicted molar refractivity (Wildman–Crippen MR) is 95.2 cm³/mol. The number of carbonyl (C=O) groups excluding carboxylic acids is 1. The summed E-state index contributed by atoms with van der Waals surface area (Å²) in [4.78, 5) is 19.7. The van der Waals surface area contributed by atoms with E-state index < -0.39 is 0 Å². The molecular formula is C18H23N3O2S. The molecule has 2 aromatic rings. The summed E-state index contributed by atoms with van der Waals surface area (Å²) in [6, 6.07) is 8.55. The van der Waals surface area contributed by atoms with Gasteiger partial charge in [-0.1, -0.05) is 23.9 Å². The highest BCUT2D eigenvalue weighted by atomic mass is 32.2. The largest absolute Gasteiger partial charge is 0.381 e. The lowest BCUT2D eigenvalue weighted by molar-refractivity contribution is -0.130. The van der Waals surface area contributed by atoms with Crippen LogP contribution in [-0.2, 0) is 16.1 Å². The van der Waals surface area contributed by atoms with Crippen LogP contribution in [0.1, 0.15) is 26.2 Å². The van der Waals surface area contributed by atoms with E-state index in [0.29, 0.717) is 6.04 Å². The lowest BCUT2D eigenvalue weighted by atomic mass is 10.1. The Hall–Kier alpha value is -1.53. The smallest absolute Gasteiger partial charge is 0.236 e. The van der Waals surface area contributed by atoms with Crippen LogP contribution in [0.4, 0.5) is 0 Å². The summed E-state index contributed by atoms with van der Waals surface area (Å²) in [5.74, 6) is 0.279. The van der Waals surface area contributed by atoms with Crippen LogP contribution in [0, 0.1) is 0 Å². The Morgan fingerprint density at radius 3 is 2.83 bits per heavy atom. The molecule has 1 amide bonds. The van der Waals surface area contributed by atoms with E-state index in [-0.39, 0.29) is 11.2 Å². The summed E-state index contributed by atoms with van der Waals surface area (Å²) in [7, 11) is 0. The highest BCUT2D eigenvalue weighted by Gasteiger charge is 2.37. The van der Waals surface area contributed by atoms with Crippen molar-refractivity contribution in [3.63, 3.8) is 0 Å². The van der Waals surface area contributed by atoms with Gasteiger partial charge in [0.05, 0.1) is 16.3 Å². The second-order valence-corrected chi connectivity index (χ2v) is 7.57. The zero-order valence-electron chi connectivity index (χ0n) is 14.0. The van der Waals surface area contributed by atoms with Gasteiger partial charge in [-0.15, -0.1) is 0 Å². The number of likely N-dealkylation sites (tertiary alicyclic amines) is 1. The summed E-state index contributed by atoms with van der Waals surface area (Å²) < 4.78 is 7.64. The van der Waals surface area contributed by atoms with Gasteiger partial charge in [0.25, 0.3) is 0 Å². The third-order valence-corrected chi connectivity index (χ3v) is 6.25. The first kappa shape index (κ1) is 16.0. The number of hydrogen-bond acceptors (Lipinski definition) is 4. The fourth-order valence-corrected chi connectivity index (χ4v) is 4.94. The Kier molecular flexibility index (Phi) is 4.50. The van der Waals surface area contributed by atoms with Gasteiger partial charge >= 0.3 is 0 Å². The van der Waals surface area contributed by atoms with Gasteiger partial charge in [-0.3, -0.25) is 4.79 Å². The van der Waals surface area contributed by atoms with Gasteiger partial charge in [-0.2, -0.15) is 0 Å². The monoisotopic (exact) mass is 345 g/mol. The molecule has 24 heavy (non-hydrogen) atoms. The molecule has 6 heteroatoms. The molecular weight excluding hydrogens is 322 g/mol. The summed E-state index contributed by atoms with van der Waals surface area (Å²) >= 11 is 1.63. The zero-order valence-corrected chi connectivity index (χ0v) is 14.8. The van der Waals surface area contributed by atoms with Crippen LogP contribution in [0.3, 0.4) is 0 Å². The highest BCUT2D eigenvalue weighted by Crippen LogP contribution is 2.34. The molecule has 2 aliphatic rings. The van der Waals surface area contributed by atoms with Crippen molar-refractivity contribution in [3.05, 3.63) is 24.3 Å². The molecule has 2 saturated heterocycles. The van der Waals surface area contributed by atoms with Crippen molar-refractivity contribution in [1.29, 1.82) is 0 Å². The lowest BCUT2D eigenvalue weighted by Gasteiger charge is -2.31. The molecule has 1 aromatic heterocycles. The molecule has 1 aromatic carbocycles. The fourth-order valence-electron chi connectivity index (χ4n) is 3.72. The molecule has 0 saturated carbocycles. The minimum absolute atomic E-state index is 0.00467. The van der Waals surface area contributed by atoms with Gasteiger partial charge < -0.3 is 14.2 Å². The van der Waals surface area contributed by atoms with Crippen LogP contribution < -0.4 is 0 Å². The minimum Gasteiger partial charge on any atom is -0.381 e. The number of rotatable bonds is 4. The molecule has 1 unspecified atom stereocenters. The van der Waals surface area contributed by atoms with Crippen molar-refractivity contribution in [2.45, 2.75) is 49.2 Å². The Morgan fingerprint density at radius 2 is 2.04 bits per heavy atom. The van der Waals surface area contributed by atoms with Crippen LogP contribution in [0.25, 0.3) is 11.0 Å². The van der Waals surface area contributed by atoms with Gasteiger partial charge in [0.1, 0.15) is 0 Å². The van der Waals surface area contributed by atoms with E-state index in [4.69, 9.17) is 9.72 Å². The first-order valence-electron chi connectivity index (χ1n) is 8.78. The van der Waals surface area contributed by atoms with Gasteiger partial charge in [0.2, 0.25) is 5.91 Å². The maximum absolute atomic E-state index is 12.9. The summed E-state index contributed by atoms with van der Waals surface area (Å²) in [6.45, 7) is 5.42. The normalized spacial score (nSPS) is 22.6. The van der Waals surface area contributed by atoms with Crippen LogP contribution in [0.2, 0.25) is 0 Å². The van der Waals surface area contributed by atoms with Crippen molar-refractivity contribution in [2.75, 3.05) is 19.8 Å². The number of hydrogen-bond donors (Lipinski definition) is 0. The van der Waals surface area contributed by atoms with E-state index in [1.165, 1.54) is 0 Å². The third-order valence-electron chi connectivity index (χ3n) is 5.01. The van der Waals surface area contributed by atoms with E-state index in [1.807, 2.05) is 18.2 Å². The predicted octanol–water partition coefficient (Wildman–Crippen LogP) is 2.93. The van der Waals surface area contributed by atoms with Crippen molar-refractivity contribution < 1.29 is 9.53 Å². The third kappa shape index (κ3) is 2.82. The zero-order chi connectivity index (χ0) is 16.5. The number of carbonyl (C=O) groups is 1. The van der Waals surface area contributed by atoms with Gasteiger partial charge in [-0.25, -0.2) is 4.98 Å². The summed E-state index contributed by atoms with van der Waals surface area (Å²) in [5, 5.41) is 0.959. The van der Waals surface area contributed by atoms with Crippen molar-refractivity contribution in [3.8, 4) is 0 Å². The first-order chi connectivity index (χ1) is 11.8. The number of amides is 1. The topological polar surface area (TPSA) is 47.4 Å². The number of para-hydroxylation sites is 2. The number of imidazole rings is 1. The Labute approximate surface area is 146 Å². The molecule has 0 N–H and O–H groups in total. The molecule has 0 radical (unpaired) electrons. The number of nitrogens with zero attached hydrogens (tertiary/aromatic N) is 3. The number of aromatic nitrogens is 2. The first-order valence-corrected chi connectivity index (χ1v) is 9.66. The Bertz CT molecular complexity index is 739. The number of ether oxygens (including phenoxy) is 1. The number of aryl methyl sites for hydroxylation is 1. The van der Waals surface area contributed by atoms with Crippen molar-refractivity contribution in [1.82, 2.24) is 14.5 Å². The molecule has 1 atom stereocenters. The molecule has 2 aliphatic heterocycles. The van der Waals surface area contributed by atoms with E-state index in [2.05, 4.69) is 22.5 Å². The molecule has 4 rings (SSSR count). The van der Waals surface area contributed by atoms with E-state index in [1.54, 1.807) is 11.8 Å². The van der Waals surface area contributed by atoms with Gasteiger partial charge in [0, 0.05) is 32.3 Å². The highest BCUT2D eigenvalue weighted by molar-refractivity contribution is 8.00. The number of benzene rings is 1. The summed E-state index contributed by atoms with van der Waals surface area (Å²) in [6.07, 6.45) is 2.85. The van der Waals surface area contributed by atoms with Crippen LogP contribution in [0.5, 0.6) is 0 Å². The van der Waals surface area contributed by atoms with Crippen LogP contribution in [-0.4, -0.2) is 51.4 Å². The quantitative estimate of drug-likeness (QED) is 0.855. The molecule has 0 aliphatic carbocycles. The van der Waals surface area contributed by atoms with Gasteiger partial charge in [-0.05, 0) is 38.3 Å². The van der Waals surface area contributed by atoms with Crippen molar-refractivity contribution in [2.24, 2.45) is 0 Å². The molecule has 2 fully saturated rings. The second-order valence-electron chi connectivity index (χ2n) is 6.40. The SMILES string of the molecule is CCn1c(SC2CCN(C3CCOCC3)C2=O)nc2ccccc21. The van der Waals surface area contributed by atoms with E-state index in [0.717, 1.165) is 61.8 Å². The Balaban J connectivity index is 1.52. The molecule has 0 bridgehead atoms. The van der Waals surface area contributed by atoms with E-state index in [9.17, 15) is 4.79 Å². The summed E-state index contributed by atoms with van der Waals surface area (Å²) in [5.41, 5.74) is 2.16. The Morgan fingerprint density at radius 1 is 1.25 bits per heavy atom. The van der Waals surface area contributed by atoms with E-state index >= 15 is 0 Å². The number of fused-ring (bicyclic) bond motifs is 1. The number of thioether (sulfide) groups is 1. The average Bonchev–Trinajstić information content (AvgIpc) is 3.16.